The monoisotopic (exact) mass is 373 g/mol. The van der Waals surface area contributed by atoms with Crippen molar-refractivity contribution in [3.63, 3.8) is 0 Å². The van der Waals surface area contributed by atoms with Gasteiger partial charge in [-0.15, -0.1) is 23.5 Å². The van der Waals surface area contributed by atoms with Crippen LogP contribution in [0, 0.1) is 0 Å². The predicted octanol–water partition coefficient (Wildman–Crippen LogP) is 4.43. The normalized spacial score (nSPS) is 14.4. The van der Waals surface area contributed by atoms with Gasteiger partial charge in [0.1, 0.15) is 0 Å². The molecule has 1 fully saturated rings. The number of amides is 1. The quantitative estimate of drug-likeness (QED) is 0.784. The molecule has 1 amide bonds. The van der Waals surface area contributed by atoms with E-state index in [1.165, 1.54) is 5.56 Å². The van der Waals surface area contributed by atoms with E-state index in [1.807, 2.05) is 41.7 Å². The minimum atomic E-state index is -0.963. The molecule has 1 aliphatic rings. The van der Waals surface area contributed by atoms with Crippen LogP contribution in [-0.2, 0) is 11.2 Å². The minimum absolute atomic E-state index is 0.107. The van der Waals surface area contributed by atoms with E-state index < -0.39 is 5.97 Å². The summed E-state index contributed by atoms with van der Waals surface area (Å²) in [6.45, 7) is 0. The van der Waals surface area contributed by atoms with E-state index in [9.17, 15) is 14.7 Å². The third-order valence-corrected chi connectivity index (χ3v) is 7.04. The second kappa shape index (κ2) is 8.45. The number of carbonyl (C=O) groups excluding carboxylic acids is 1. The van der Waals surface area contributed by atoms with E-state index in [2.05, 4.69) is 11.4 Å². The Morgan fingerprint density at radius 2 is 1.84 bits per heavy atom. The standard InChI is InChI=1S/C19H19NO3S2/c21-17(9-8-13-4-1-2-7-16(13)18(22)23)20-15-6-3-5-14(12-15)19-24-10-11-25-19/h1-7,12,19H,8-11H2,(H,20,21)(H,22,23). The number of aromatic carboxylic acids is 1. The molecule has 2 aromatic rings. The highest BCUT2D eigenvalue weighted by atomic mass is 32.2. The molecular formula is C19H19NO3S2. The van der Waals surface area contributed by atoms with Crippen LogP contribution in [0.4, 0.5) is 5.69 Å². The first-order valence-corrected chi connectivity index (χ1v) is 10.2. The lowest BCUT2D eigenvalue weighted by molar-refractivity contribution is -0.116. The maximum absolute atomic E-state index is 12.2. The zero-order valence-corrected chi connectivity index (χ0v) is 15.2. The number of carboxylic acids is 1. The lowest BCUT2D eigenvalue weighted by Crippen LogP contribution is -2.13. The fourth-order valence-electron chi connectivity index (χ4n) is 2.73. The highest BCUT2D eigenvalue weighted by Gasteiger charge is 2.18. The van der Waals surface area contributed by atoms with E-state index in [4.69, 9.17) is 0 Å². The van der Waals surface area contributed by atoms with Crippen LogP contribution >= 0.6 is 23.5 Å². The van der Waals surface area contributed by atoms with Gasteiger partial charge in [0.15, 0.2) is 0 Å². The van der Waals surface area contributed by atoms with Gasteiger partial charge in [-0.25, -0.2) is 4.79 Å². The molecule has 2 aromatic carbocycles. The van der Waals surface area contributed by atoms with E-state index in [-0.39, 0.29) is 17.9 Å². The summed E-state index contributed by atoms with van der Waals surface area (Å²) < 4.78 is 0.444. The van der Waals surface area contributed by atoms with Crippen molar-refractivity contribution in [3.8, 4) is 0 Å². The number of rotatable bonds is 6. The highest BCUT2D eigenvalue weighted by Crippen LogP contribution is 2.45. The van der Waals surface area contributed by atoms with Crippen LogP contribution in [0.2, 0.25) is 0 Å². The first kappa shape index (κ1) is 17.9. The number of nitrogens with one attached hydrogen (secondary N) is 1. The Morgan fingerprint density at radius 1 is 1.08 bits per heavy atom. The number of aryl methyl sites for hydroxylation is 1. The van der Waals surface area contributed by atoms with Crippen molar-refractivity contribution < 1.29 is 14.7 Å². The third-order valence-electron chi connectivity index (χ3n) is 3.93. The van der Waals surface area contributed by atoms with Crippen LogP contribution in [0.25, 0.3) is 0 Å². The molecule has 0 radical (unpaired) electrons. The summed E-state index contributed by atoms with van der Waals surface area (Å²) >= 11 is 3.86. The summed E-state index contributed by atoms with van der Waals surface area (Å²) in [5.41, 5.74) is 2.95. The number of carboxylic acid groups (broad SMARTS) is 1. The maximum atomic E-state index is 12.2. The Morgan fingerprint density at radius 3 is 2.60 bits per heavy atom. The lowest BCUT2D eigenvalue weighted by Gasteiger charge is -2.11. The number of thioether (sulfide) groups is 2. The molecule has 4 nitrogen and oxygen atoms in total. The average molecular weight is 373 g/mol. The second-order valence-electron chi connectivity index (χ2n) is 5.71. The molecule has 3 rings (SSSR count). The van der Waals surface area contributed by atoms with Crippen molar-refractivity contribution in [1.29, 1.82) is 0 Å². The van der Waals surface area contributed by atoms with E-state index in [1.54, 1.807) is 24.3 Å². The molecular weight excluding hydrogens is 354 g/mol. The van der Waals surface area contributed by atoms with Crippen molar-refractivity contribution in [1.82, 2.24) is 0 Å². The van der Waals surface area contributed by atoms with Crippen LogP contribution in [0.1, 0.15) is 32.5 Å². The third kappa shape index (κ3) is 4.80. The molecule has 1 heterocycles. The number of hydrogen-bond donors (Lipinski definition) is 2. The van der Waals surface area contributed by atoms with Gasteiger partial charge in [-0.05, 0) is 35.7 Å². The van der Waals surface area contributed by atoms with Crippen LogP contribution in [0.3, 0.4) is 0 Å². The SMILES string of the molecule is O=C(CCc1ccccc1C(=O)O)Nc1cccc(C2SCCS2)c1. The first-order chi connectivity index (χ1) is 12.1. The molecule has 6 heteroatoms. The summed E-state index contributed by atoms with van der Waals surface area (Å²) in [7, 11) is 0. The lowest BCUT2D eigenvalue weighted by atomic mass is 10.0. The smallest absolute Gasteiger partial charge is 0.335 e. The molecule has 0 unspecified atom stereocenters. The van der Waals surface area contributed by atoms with Crippen molar-refractivity contribution in [2.45, 2.75) is 17.4 Å². The highest BCUT2D eigenvalue weighted by molar-refractivity contribution is 8.19. The van der Waals surface area contributed by atoms with Gasteiger partial charge >= 0.3 is 5.97 Å². The number of hydrogen-bond acceptors (Lipinski definition) is 4. The van der Waals surface area contributed by atoms with Crippen molar-refractivity contribution in [2.24, 2.45) is 0 Å². The van der Waals surface area contributed by atoms with E-state index in [0.29, 0.717) is 16.6 Å². The van der Waals surface area contributed by atoms with Gasteiger partial charge < -0.3 is 10.4 Å². The van der Waals surface area contributed by atoms with Gasteiger partial charge in [0, 0.05) is 23.6 Å². The molecule has 130 valence electrons. The van der Waals surface area contributed by atoms with Crippen molar-refractivity contribution in [3.05, 3.63) is 65.2 Å². The van der Waals surface area contributed by atoms with E-state index >= 15 is 0 Å². The molecule has 1 saturated heterocycles. The average Bonchev–Trinajstić information content (AvgIpc) is 3.15. The van der Waals surface area contributed by atoms with Gasteiger partial charge in [-0.2, -0.15) is 0 Å². The van der Waals surface area contributed by atoms with Gasteiger partial charge in [0.05, 0.1) is 10.1 Å². The van der Waals surface area contributed by atoms with Gasteiger partial charge in [0.2, 0.25) is 5.91 Å². The predicted molar refractivity (Wildman–Crippen MR) is 104 cm³/mol. The van der Waals surface area contributed by atoms with Gasteiger partial charge in [0.25, 0.3) is 0 Å². The fraction of sp³-hybridized carbons (Fsp3) is 0.263. The molecule has 0 atom stereocenters. The summed E-state index contributed by atoms with van der Waals surface area (Å²) in [6.07, 6.45) is 0.657. The molecule has 25 heavy (non-hydrogen) atoms. The number of benzene rings is 2. The largest absolute Gasteiger partial charge is 0.478 e. The summed E-state index contributed by atoms with van der Waals surface area (Å²) in [5.74, 6) is 1.25. The molecule has 0 bridgehead atoms. The van der Waals surface area contributed by atoms with Gasteiger partial charge in [-0.1, -0.05) is 30.3 Å². The Balaban J connectivity index is 1.60. The van der Waals surface area contributed by atoms with Crippen LogP contribution in [-0.4, -0.2) is 28.5 Å². The first-order valence-electron chi connectivity index (χ1n) is 8.08. The zero-order valence-electron chi connectivity index (χ0n) is 13.6. The molecule has 1 aliphatic heterocycles. The molecule has 0 aliphatic carbocycles. The Kier molecular flexibility index (Phi) is 6.04. The Labute approximate surface area is 155 Å². The fourth-order valence-corrected chi connectivity index (χ4v) is 5.57. The molecule has 2 N–H and O–H groups in total. The topological polar surface area (TPSA) is 66.4 Å². The maximum Gasteiger partial charge on any atom is 0.335 e. The van der Waals surface area contributed by atoms with Crippen LogP contribution < -0.4 is 5.32 Å². The summed E-state index contributed by atoms with van der Waals surface area (Å²) in [6, 6.07) is 14.8. The van der Waals surface area contributed by atoms with E-state index in [0.717, 1.165) is 17.2 Å². The van der Waals surface area contributed by atoms with Crippen molar-refractivity contribution in [2.75, 3.05) is 16.8 Å². The van der Waals surface area contributed by atoms with Gasteiger partial charge in [-0.3, -0.25) is 4.79 Å². The zero-order chi connectivity index (χ0) is 17.6. The molecule has 0 spiro atoms. The Hall–Kier alpha value is -1.92. The van der Waals surface area contributed by atoms with Crippen molar-refractivity contribution >= 4 is 41.1 Å². The molecule has 0 saturated carbocycles. The number of anilines is 1. The summed E-state index contributed by atoms with van der Waals surface area (Å²) in [4.78, 5) is 23.4. The summed E-state index contributed by atoms with van der Waals surface area (Å²) in [5, 5.41) is 12.1. The molecule has 0 aromatic heterocycles. The van der Waals surface area contributed by atoms with Crippen LogP contribution in [0.15, 0.2) is 48.5 Å². The van der Waals surface area contributed by atoms with Crippen LogP contribution in [0.5, 0.6) is 0 Å². The second-order valence-corrected chi connectivity index (χ2v) is 8.43. The Bertz CT molecular complexity index is 773. The number of carbonyl (C=O) groups is 2. The minimum Gasteiger partial charge on any atom is -0.478 e.